The van der Waals surface area contributed by atoms with Crippen molar-refractivity contribution in [1.29, 1.82) is 0 Å². The van der Waals surface area contributed by atoms with E-state index in [0.29, 0.717) is 11.3 Å². The normalized spacial score (nSPS) is 11.8. The van der Waals surface area contributed by atoms with E-state index in [9.17, 15) is 4.39 Å². The highest BCUT2D eigenvalue weighted by Crippen LogP contribution is 2.07. The largest absolute Gasteiger partial charge is 0.410 e. The maximum atomic E-state index is 12.3. The first-order valence-electron chi connectivity index (χ1n) is 3.02. The quantitative estimate of drug-likeness (QED) is 0.314. The van der Waals surface area contributed by atoms with Crippen molar-refractivity contribution in [3.8, 4) is 0 Å². The van der Waals surface area contributed by atoms with Crippen LogP contribution in [0.15, 0.2) is 11.4 Å². The molecule has 0 saturated heterocycles. The summed E-state index contributed by atoms with van der Waals surface area (Å²) in [7, 11) is 0. The van der Waals surface area contributed by atoms with Crippen molar-refractivity contribution < 1.29 is 9.60 Å². The molecule has 64 valence electrons. The lowest BCUT2D eigenvalue weighted by molar-refractivity contribution is 0.320. The number of hydrogen-bond donors (Lipinski definition) is 1. The second-order valence-electron chi connectivity index (χ2n) is 2.03. The molecular weight excluding hydrogens is 185 g/mol. The van der Waals surface area contributed by atoms with Crippen molar-refractivity contribution in [1.82, 2.24) is 9.97 Å². The molecule has 0 saturated carbocycles. The molecule has 1 aromatic rings. The molecule has 0 aromatic carbocycles. The Bertz CT molecular complexity index is 329. The third-order valence-electron chi connectivity index (χ3n) is 1.26. The fourth-order valence-electron chi connectivity index (χ4n) is 0.695. The van der Waals surface area contributed by atoms with Crippen LogP contribution in [0.1, 0.15) is 11.3 Å². The first-order chi connectivity index (χ1) is 5.65. The number of halogens is 2. The molecule has 1 aromatic heterocycles. The Morgan fingerprint density at radius 2 is 2.42 bits per heavy atom. The summed E-state index contributed by atoms with van der Waals surface area (Å²) in [5, 5.41) is 10.9. The van der Waals surface area contributed by atoms with Crippen LogP contribution in [0.5, 0.6) is 0 Å². The molecule has 0 spiro atoms. The average molecular weight is 190 g/mol. The van der Waals surface area contributed by atoms with E-state index in [-0.39, 0.29) is 5.17 Å². The van der Waals surface area contributed by atoms with Gasteiger partial charge in [-0.3, -0.25) is 0 Å². The number of nitrogens with zero attached hydrogens (tertiary/aromatic N) is 3. The smallest absolute Gasteiger partial charge is 0.308 e. The third-order valence-corrected chi connectivity index (χ3v) is 1.54. The summed E-state index contributed by atoms with van der Waals surface area (Å²) in [5.41, 5.74) is 0.630. The number of aryl methyl sites for hydroxylation is 1. The fraction of sp³-hybridized carbons (Fsp3) is 0.167. The van der Waals surface area contributed by atoms with Crippen LogP contribution in [0.2, 0.25) is 0 Å². The first-order valence-corrected chi connectivity index (χ1v) is 3.40. The van der Waals surface area contributed by atoms with Gasteiger partial charge in [0.1, 0.15) is 0 Å². The Morgan fingerprint density at radius 3 is 2.92 bits per heavy atom. The van der Waals surface area contributed by atoms with E-state index < -0.39 is 6.08 Å². The molecule has 0 fully saturated rings. The van der Waals surface area contributed by atoms with Crippen LogP contribution in [0, 0.1) is 13.0 Å². The van der Waals surface area contributed by atoms with Crippen LogP contribution < -0.4 is 0 Å². The zero-order valence-corrected chi connectivity index (χ0v) is 6.88. The number of oxime groups is 1. The van der Waals surface area contributed by atoms with Crippen molar-refractivity contribution in [3.05, 3.63) is 23.5 Å². The van der Waals surface area contributed by atoms with E-state index in [1.807, 2.05) is 0 Å². The summed E-state index contributed by atoms with van der Waals surface area (Å²) >= 11 is 5.45. The molecule has 0 amide bonds. The Balaban J connectivity index is 3.18. The molecule has 1 N–H and O–H groups in total. The maximum absolute atomic E-state index is 12.3. The van der Waals surface area contributed by atoms with Crippen LogP contribution in [0.25, 0.3) is 0 Å². The molecule has 0 aliphatic carbocycles. The molecule has 0 atom stereocenters. The zero-order chi connectivity index (χ0) is 9.14. The molecule has 1 heterocycles. The molecule has 6 heteroatoms. The van der Waals surface area contributed by atoms with Crippen LogP contribution >= 0.6 is 11.6 Å². The topological polar surface area (TPSA) is 58.4 Å². The highest BCUT2D eigenvalue weighted by molar-refractivity contribution is 6.69. The Kier molecular flexibility index (Phi) is 2.54. The van der Waals surface area contributed by atoms with Gasteiger partial charge >= 0.3 is 6.08 Å². The second-order valence-corrected chi connectivity index (χ2v) is 2.39. The van der Waals surface area contributed by atoms with Crippen molar-refractivity contribution in [2.75, 3.05) is 0 Å². The Hall–Kier alpha value is -1.23. The predicted octanol–water partition coefficient (Wildman–Crippen LogP) is 1.30. The van der Waals surface area contributed by atoms with Crippen LogP contribution in [0.3, 0.4) is 0 Å². The second kappa shape index (κ2) is 3.44. The minimum atomic E-state index is -0.835. The molecule has 4 nitrogen and oxygen atoms in total. The lowest BCUT2D eigenvalue weighted by Crippen LogP contribution is -2.01. The molecule has 0 aliphatic heterocycles. The number of aromatic nitrogens is 2. The van der Waals surface area contributed by atoms with Gasteiger partial charge < -0.3 is 5.21 Å². The summed E-state index contributed by atoms with van der Waals surface area (Å²) < 4.78 is 12.3. The van der Waals surface area contributed by atoms with E-state index in [0.717, 1.165) is 6.20 Å². The Labute approximate surface area is 72.7 Å². The van der Waals surface area contributed by atoms with Gasteiger partial charge in [-0.1, -0.05) is 16.8 Å². The van der Waals surface area contributed by atoms with E-state index in [1.165, 1.54) is 6.92 Å². The molecule has 0 unspecified atom stereocenters. The highest BCUT2D eigenvalue weighted by Gasteiger charge is 2.07. The molecule has 0 bridgehead atoms. The summed E-state index contributed by atoms with van der Waals surface area (Å²) in [6, 6.07) is 0. The Morgan fingerprint density at radius 1 is 1.75 bits per heavy atom. The minimum absolute atomic E-state index is 0.160. The summed E-state index contributed by atoms with van der Waals surface area (Å²) in [6.07, 6.45) is 0.318. The summed E-state index contributed by atoms with van der Waals surface area (Å²) in [6.45, 7) is 1.54. The van der Waals surface area contributed by atoms with Gasteiger partial charge in [0.15, 0.2) is 5.17 Å². The number of rotatable bonds is 1. The SMILES string of the molecule is Cc1nc(F)ncc1/C(Cl)=N\O. The van der Waals surface area contributed by atoms with Crippen LogP contribution in [-0.2, 0) is 0 Å². The van der Waals surface area contributed by atoms with Gasteiger partial charge in [0, 0.05) is 6.20 Å². The number of hydrogen-bond acceptors (Lipinski definition) is 4. The molecule has 12 heavy (non-hydrogen) atoms. The lowest BCUT2D eigenvalue weighted by Gasteiger charge is -1.98. The standard InChI is InChI=1S/C6H5ClFN3O/c1-3-4(5(7)11-12)2-9-6(8)10-3/h2,12H,1H3/b11-5+. The zero-order valence-electron chi connectivity index (χ0n) is 6.12. The minimum Gasteiger partial charge on any atom is -0.410 e. The van der Waals surface area contributed by atoms with E-state index in [2.05, 4.69) is 15.1 Å². The molecule has 0 radical (unpaired) electrons. The van der Waals surface area contributed by atoms with Crippen LogP contribution in [-0.4, -0.2) is 20.3 Å². The summed E-state index contributed by atoms with van der Waals surface area (Å²) in [4.78, 5) is 6.64. The van der Waals surface area contributed by atoms with Gasteiger partial charge in [0.2, 0.25) is 0 Å². The molecule has 0 aliphatic rings. The first kappa shape index (κ1) is 8.86. The van der Waals surface area contributed by atoms with Crippen molar-refractivity contribution >= 4 is 16.8 Å². The monoisotopic (exact) mass is 189 g/mol. The maximum Gasteiger partial charge on any atom is 0.308 e. The van der Waals surface area contributed by atoms with Crippen molar-refractivity contribution in [2.24, 2.45) is 5.16 Å². The average Bonchev–Trinajstić information content (AvgIpc) is 2.03. The van der Waals surface area contributed by atoms with Crippen molar-refractivity contribution in [2.45, 2.75) is 6.92 Å². The van der Waals surface area contributed by atoms with E-state index >= 15 is 0 Å². The van der Waals surface area contributed by atoms with E-state index in [1.54, 1.807) is 0 Å². The van der Waals surface area contributed by atoms with Gasteiger partial charge in [-0.15, -0.1) is 0 Å². The fourth-order valence-corrected chi connectivity index (χ4v) is 0.881. The van der Waals surface area contributed by atoms with E-state index in [4.69, 9.17) is 16.8 Å². The van der Waals surface area contributed by atoms with Gasteiger partial charge in [-0.2, -0.15) is 4.39 Å². The molecular formula is C6H5ClFN3O. The summed E-state index contributed by atoms with van der Waals surface area (Å²) in [5.74, 6) is 0. The van der Waals surface area contributed by atoms with Gasteiger partial charge in [-0.05, 0) is 6.92 Å². The third kappa shape index (κ3) is 1.68. The van der Waals surface area contributed by atoms with Gasteiger partial charge in [0.25, 0.3) is 0 Å². The highest BCUT2D eigenvalue weighted by atomic mass is 35.5. The van der Waals surface area contributed by atoms with Crippen molar-refractivity contribution in [3.63, 3.8) is 0 Å². The van der Waals surface area contributed by atoms with Crippen LogP contribution in [0.4, 0.5) is 4.39 Å². The molecule has 1 rings (SSSR count). The lowest BCUT2D eigenvalue weighted by atomic mass is 10.3. The van der Waals surface area contributed by atoms with Gasteiger partial charge in [-0.25, -0.2) is 9.97 Å². The van der Waals surface area contributed by atoms with Gasteiger partial charge in [0.05, 0.1) is 11.3 Å². The predicted molar refractivity (Wildman–Crippen MR) is 40.9 cm³/mol.